The first kappa shape index (κ1) is 20.8. The molecule has 0 saturated carbocycles. The Morgan fingerprint density at radius 1 is 0.966 bits per heavy atom. The second-order valence-corrected chi connectivity index (χ2v) is 7.25. The maximum atomic E-state index is 13.5. The van der Waals surface area contributed by atoms with Crippen LogP contribution in [0.2, 0.25) is 0 Å². The monoisotopic (exact) mass is 398 g/mol. The third kappa shape index (κ3) is 6.29. The van der Waals surface area contributed by atoms with Gasteiger partial charge in [-0.15, -0.1) is 0 Å². The predicted octanol–water partition coefficient (Wildman–Crippen LogP) is 2.26. The number of benzene rings is 2. The van der Waals surface area contributed by atoms with Gasteiger partial charge in [-0.1, -0.05) is 18.2 Å². The smallest absolute Gasteiger partial charge is 0.233 e. The van der Waals surface area contributed by atoms with Crippen molar-refractivity contribution >= 4 is 23.2 Å². The first-order valence-electron chi connectivity index (χ1n) is 9.85. The van der Waals surface area contributed by atoms with Gasteiger partial charge in [0.25, 0.3) is 0 Å². The van der Waals surface area contributed by atoms with Crippen molar-refractivity contribution in [3.8, 4) is 0 Å². The first-order chi connectivity index (χ1) is 14.0. The Morgan fingerprint density at radius 2 is 1.66 bits per heavy atom. The number of halogens is 1. The van der Waals surface area contributed by atoms with Crippen LogP contribution in [-0.4, -0.2) is 56.5 Å². The average Bonchev–Trinajstić information content (AvgIpc) is 2.70. The van der Waals surface area contributed by atoms with Crippen LogP contribution >= 0.6 is 0 Å². The fourth-order valence-electron chi connectivity index (χ4n) is 3.27. The Hall–Kier alpha value is -2.93. The molecule has 2 amide bonds. The van der Waals surface area contributed by atoms with Crippen LogP contribution < -0.4 is 15.5 Å². The zero-order chi connectivity index (χ0) is 20.6. The normalized spacial score (nSPS) is 14.5. The number of hydrogen-bond donors (Lipinski definition) is 2. The minimum Gasteiger partial charge on any atom is -0.369 e. The van der Waals surface area contributed by atoms with Crippen LogP contribution in [0, 0.1) is 5.82 Å². The van der Waals surface area contributed by atoms with Crippen molar-refractivity contribution in [3.63, 3.8) is 0 Å². The molecule has 0 aliphatic carbocycles. The molecule has 7 heteroatoms. The predicted molar refractivity (Wildman–Crippen MR) is 113 cm³/mol. The molecule has 1 heterocycles. The maximum absolute atomic E-state index is 13.5. The summed E-state index contributed by atoms with van der Waals surface area (Å²) < 4.78 is 13.5. The summed E-state index contributed by atoms with van der Waals surface area (Å²) in [4.78, 5) is 28.6. The lowest BCUT2D eigenvalue weighted by Gasteiger charge is -2.34. The molecular formula is C22H27FN4O2. The van der Waals surface area contributed by atoms with Crippen LogP contribution in [0.4, 0.5) is 15.8 Å². The third-order valence-corrected chi connectivity index (χ3v) is 5.01. The van der Waals surface area contributed by atoms with Crippen LogP contribution in [0.3, 0.4) is 0 Å². The Morgan fingerprint density at radius 3 is 2.34 bits per heavy atom. The van der Waals surface area contributed by atoms with E-state index in [1.165, 1.54) is 6.07 Å². The van der Waals surface area contributed by atoms with Gasteiger partial charge in [-0.3, -0.25) is 9.59 Å². The minimum atomic E-state index is -0.382. The van der Waals surface area contributed by atoms with Crippen molar-refractivity contribution in [3.05, 3.63) is 59.9 Å². The molecule has 2 aromatic rings. The van der Waals surface area contributed by atoms with Crippen molar-refractivity contribution in [1.82, 2.24) is 10.2 Å². The molecule has 0 spiro atoms. The molecule has 0 bridgehead atoms. The van der Waals surface area contributed by atoms with E-state index >= 15 is 0 Å². The largest absolute Gasteiger partial charge is 0.369 e. The molecule has 1 aliphatic rings. The highest BCUT2D eigenvalue weighted by Gasteiger charge is 2.14. The maximum Gasteiger partial charge on any atom is 0.233 e. The highest BCUT2D eigenvalue weighted by atomic mass is 19.1. The molecule has 29 heavy (non-hydrogen) atoms. The van der Waals surface area contributed by atoms with Crippen molar-refractivity contribution < 1.29 is 14.0 Å². The van der Waals surface area contributed by atoms with Crippen molar-refractivity contribution in [2.24, 2.45) is 0 Å². The number of nitrogens with zero attached hydrogens (tertiary/aromatic N) is 2. The lowest BCUT2D eigenvalue weighted by atomic mass is 10.1. The zero-order valence-electron chi connectivity index (χ0n) is 16.7. The van der Waals surface area contributed by atoms with Gasteiger partial charge in [-0.05, 0) is 49.4 Å². The molecule has 2 N–H and O–H groups in total. The highest BCUT2D eigenvalue weighted by molar-refractivity contribution is 6.03. The summed E-state index contributed by atoms with van der Waals surface area (Å²) in [6, 6.07) is 14.1. The minimum absolute atomic E-state index is 0.266. The summed E-state index contributed by atoms with van der Waals surface area (Å²) in [5.41, 5.74) is 2.33. The molecule has 0 aromatic heterocycles. The van der Waals surface area contributed by atoms with E-state index in [2.05, 4.69) is 27.5 Å². The van der Waals surface area contributed by atoms with E-state index in [9.17, 15) is 14.0 Å². The summed E-state index contributed by atoms with van der Waals surface area (Å²) in [6.45, 7) is 4.31. The number of rotatable bonds is 7. The summed E-state index contributed by atoms with van der Waals surface area (Å²) in [7, 11) is 2.12. The van der Waals surface area contributed by atoms with Crippen LogP contribution in [-0.2, 0) is 16.0 Å². The van der Waals surface area contributed by atoms with E-state index in [-0.39, 0.29) is 30.6 Å². The average molecular weight is 398 g/mol. The number of carbonyl (C=O) groups is 2. The summed E-state index contributed by atoms with van der Waals surface area (Å²) in [5.74, 6) is -1.05. The molecule has 6 nitrogen and oxygen atoms in total. The van der Waals surface area contributed by atoms with Crippen LogP contribution in [0.5, 0.6) is 0 Å². The molecule has 154 valence electrons. The van der Waals surface area contributed by atoms with Gasteiger partial charge in [0.15, 0.2) is 0 Å². The second kappa shape index (κ2) is 10.0. The lowest BCUT2D eigenvalue weighted by Crippen LogP contribution is -2.44. The fraction of sp³-hybridized carbons (Fsp3) is 0.364. The molecule has 1 saturated heterocycles. The zero-order valence-corrected chi connectivity index (χ0v) is 16.7. The van der Waals surface area contributed by atoms with Crippen LogP contribution in [0.1, 0.15) is 12.0 Å². The number of likely N-dealkylation sites (N-methyl/N-ethyl adjacent to an activating group) is 1. The van der Waals surface area contributed by atoms with E-state index in [1.807, 2.05) is 24.3 Å². The number of carbonyl (C=O) groups excluding carboxylic acids is 2. The number of hydrogen-bond acceptors (Lipinski definition) is 4. The molecule has 3 rings (SSSR count). The van der Waals surface area contributed by atoms with Gasteiger partial charge in [0.1, 0.15) is 12.2 Å². The van der Waals surface area contributed by atoms with Gasteiger partial charge < -0.3 is 20.4 Å². The Kier molecular flexibility index (Phi) is 7.19. The SMILES string of the molecule is CN1CCN(c2ccc(NC(=O)CC(=O)NCCc3ccccc3F)cc2)CC1. The number of piperazine rings is 1. The van der Waals surface area contributed by atoms with Gasteiger partial charge >= 0.3 is 0 Å². The Labute approximate surface area is 170 Å². The summed E-state index contributed by atoms with van der Waals surface area (Å²) in [5, 5.41) is 5.39. The first-order valence-corrected chi connectivity index (χ1v) is 9.85. The van der Waals surface area contributed by atoms with E-state index < -0.39 is 0 Å². The Balaban J connectivity index is 1.40. The van der Waals surface area contributed by atoms with E-state index in [0.717, 1.165) is 31.9 Å². The lowest BCUT2D eigenvalue weighted by molar-refractivity contribution is -0.126. The summed E-state index contributed by atoms with van der Waals surface area (Å²) in [6.07, 6.45) is 0.116. The topological polar surface area (TPSA) is 64.7 Å². The van der Waals surface area contributed by atoms with Gasteiger partial charge in [0.2, 0.25) is 11.8 Å². The quantitative estimate of drug-likeness (QED) is 0.703. The van der Waals surface area contributed by atoms with Gasteiger partial charge in [-0.2, -0.15) is 0 Å². The molecule has 1 aliphatic heterocycles. The van der Waals surface area contributed by atoms with Crippen LogP contribution in [0.25, 0.3) is 0 Å². The Bertz CT molecular complexity index is 833. The van der Waals surface area contributed by atoms with Gasteiger partial charge in [0, 0.05) is 44.1 Å². The van der Waals surface area contributed by atoms with Crippen molar-refractivity contribution in [2.75, 3.05) is 50.0 Å². The van der Waals surface area contributed by atoms with Crippen molar-refractivity contribution in [1.29, 1.82) is 0 Å². The number of nitrogens with one attached hydrogen (secondary N) is 2. The highest BCUT2D eigenvalue weighted by Crippen LogP contribution is 2.19. The van der Waals surface area contributed by atoms with E-state index in [4.69, 9.17) is 0 Å². The van der Waals surface area contributed by atoms with Gasteiger partial charge in [0.05, 0.1) is 0 Å². The molecular weight excluding hydrogens is 371 g/mol. The summed E-state index contributed by atoms with van der Waals surface area (Å²) >= 11 is 0. The standard InChI is InChI=1S/C22H27FN4O2/c1-26-12-14-27(15-13-26)19-8-6-18(7-9-19)25-22(29)16-21(28)24-11-10-17-4-2-3-5-20(17)23/h2-9H,10-16H2,1H3,(H,24,28)(H,25,29). The van der Waals surface area contributed by atoms with E-state index in [0.29, 0.717) is 17.7 Å². The number of anilines is 2. The fourth-order valence-corrected chi connectivity index (χ4v) is 3.27. The molecule has 0 atom stereocenters. The third-order valence-electron chi connectivity index (χ3n) is 5.01. The molecule has 0 radical (unpaired) electrons. The number of amides is 2. The molecule has 1 fully saturated rings. The molecule has 2 aromatic carbocycles. The molecule has 0 unspecified atom stereocenters. The van der Waals surface area contributed by atoms with E-state index in [1.54, 1.807) is 18.2 Å². The van der Waals surface area contributed by atoms with Crippen LogP contribution in [0.15, 0.2) is 48.5 Å². The van der Waals surface area contributed by atoms with Gasteiger partial charge in [-0.25, -0.2) is 4.39 Å². The van der Waals surface area contributed by atoms with Crippen molar-refractivity contribution in [2.45, 2.75) is 12.8 Å². The second-order valence-electron chi connectivity index (χ2n) is 7.25.